The van der Waals surface area contributed by atoms with Crippen molar-refractivity contribution in [2.45, 2.75) is 59.5 Å². The van der Waals surface area contributed by atoms with Gasteiger partial charge in [0.15, 0.2) is 0 Å². The van der Waals surface area contributed by atoms with Crippen LogP contribution in [-0.2, 0) is 29.6 Å². The zero-order valence-corrected chi connectivity index (χ0v) is 21.5. The quantitative estimate of drug-likeness (QED) is 0.511. The Balaban J connectivity index is 1.75. The van der Waals surface area contributed by atoms with E-state index in [9.17, 15) is 14.7 Å². The van der Waals surface area contributed by atoms with Crippen molar-refractivity contribution in [3.05, 3.63) is 23.5 Å². The van der Waals surface area contributed by atoms with Crippen LogP contribution in [0.2, 0.25) is 0 Å². The molecule has 0 unspecified atom stereocenters. The minimum Gasteiger partial charge on any atom is -0.481 e. The summed E-state index contributed by atoms with van der Waals surface area (Å²) >= 11 is 0. The second kappa shape index (κ2) is 12.0. The minimum absolute atomic E-state index is 0.0621. The van der Waals surface area contributed by atoms with Gasteiger partial charge in [0.2, 0.25) is 0 Å². The first-order chi connectivity index (χ1) is 16.8. The van der Waals surface area contributed by atoms with E-state index in [1.807, 2.05) is 19.9 Å². The Morgan fingerprint density at radius 1 is 1.29 bits per heavy atom. The average Bonchev–Trinajstić information content (AvgIpc) is 3.46. The molecule has 2 aromatic heterocycles. The highest BCUT2D eigenvalue weighted by molar-refractivity contribution is 5.70. The Kier molecular flexibility index (Phi) is 9.06. The number of carboxylic acids is 1. The molecule has 10 nitrogen and oxygen atoms in total. The third-order valence-electron chi connectivity index (χ3n) is 6.76. The zero-order valence-electron chi connectivity index (χ0n) is 21.5. The van der Waals surface area contributed by atoms with Crippen LogP contribution < -0.4 is 4.90 Å². The van der Waals surface area contributed by atoms with Crippen molar-refractivity contribution in [2.24, 2.45) is 18.9 Å². The van der Waals surface area contributed by atoms with E-state index in [0.29, 0.717) is 42.4 Å². The van der Waals surface area contributed by atoms with Crippen LogP contribution in [-0.4, -0.2) is 68.7 Å². The summed E-state index contributed by atoms with van der Waals surface area (Å²) in [5.41, 5.74) is 4.03. The molecule has 0 aromatic carbocycles. The summed E-state index contributed by atoms with van der Waals surface area (Å²) in [6.07, 6.45) is 3.59. The molecule has 1 saturated heterocycles. The fraction of sp³-hybridized carbons (Fsp3) is 0.640. The highest BCUT2D eigenvalue weighted by atomic mass is 16.6. The molecule has 0 aliphatic carbocycles. The van der Waals surface area contributed by atoms with Gasteiger partial charge in [0, 0.05) is 33.7 Å². The van der Waals surface area contributed by atoms with E-state index in [0.717, 1.165) is 43.7 Å². The van der Waals surface area contributed by atoms with Gasteiger partial charge in [-0.2, -0.15) is 0 Å². The lowest BCUT2D eigenvalue weighted by molar-refractivity contribution is -0.142. The first-order valence-electron chi connectivity index (χ1n) is 12.5. The van der Waals surface area contributed by atoms with Gasteiger partial charge in [-0.1, -0.05) is 26.0 Å². The van der Waals surface area contributed by atoms with E-state index >= 15 is 0 Å². The van der Waals surface area contributed by atoms with Crippen molar-refractivity contribution >= 4 is 17.7 Å². The Morgan fingerprint density at radius 3 is 2.71 bits per heavy atom. The number of hydrogen-bond acceptors (Lipinski definition) is 7. The van der Waals surface area contributed by atoms with Gasteiger partial charge in [0.1, 0.15) is 18.0 Å². The van der Waals surface area contributed by atoms with Gasteiger partial charge in [-0.3, -0.25) is 4.79 Å². The fourth-order valence-electron chi connectivity index (χ4n) is 4.67. The molecule has 0 saturated carbocycles. The fourth-order valence-corrected chi connectivity index (χ4v) is 4.67. The summed E-state index contributed by atoms with van der Waals surface area (Å²) in [5.74, 6) is -0.613. The number of ether oxygens (including phenoxy) is 1. The van der Waals surface area contributed by atoms with Crippen LogP contribution in [0, 0.1) is 11.8 Å². The summed E-state index contributed by atoms with van der Waals surface area (Å²) in [7, 11) is 3.49. The Morgan fingerprint density at radius 2 is 2.06 bits per heavy atom. The molecule has 1 aliphatic heterocycles. The van der Waals surface area contributed by atoms with Gasteiger partial charge in [0.25, 0.3) is 0 Å². The van der Waals surface area contributed by atoms with Crippen LogP contribution in [0.1, 0.15) is 57.8 Å². The molecule has 1 aliphatic rings. The van der Waals surface area contributed by atoms with E-state index in [1.54, 1.807) is 23.7 Å². The Labute approximate surface area is 207 Å². The molecule has 0 bridgehead atoms. The van der Waals surface area contributed by atoms with Crippen LogP contribution in [0.4, 0.5) is 10.5 Å². The predicted octanol–water partition coefficient (Wildman–Crippen LogP) is 3.75. The first kappa shape index (κ1) is 26.4. The van der Waals surface area contributed by atoms with Crippen molar-refractivity contribution < 1.29 is 19.4 Å². The highest BCUT2D eigenvalue weighted by Gasteiger charge is 2.29. The Bertz CT molecular complexity index is 1020. The van der Waals surface area contributed by atoms with Crippen LogP contribution in [0.15, 0.2) is 12.1 Å². The third kappa shape index (κ3) is 6.29. The molecule has 1 fully saturated rings. The van der Waals surface area contributed by atoms with E-state index < -0.39 is 5.97 Å². The monoisotopic (exact) mass is 486 g/mol. The van der Waals surface area contributed by atoms with E-state index in [4.69, 9.17) is 9.72 Å². The largest absolute Gasteiger partial charge is 0.481 e. The molecule has 10 heteroatoms. The number of nitrogens with zero attached hydrogens (tertiary/aromatic N) is 6. The molecule has 1 amide bonds. The lowest BCUT2D eigenvalue weighted by Gasteiger charge is -2.22. The molecular weight excluding hydrogens is 448 g/mol. The molecule has 2 aromatic rings. The highest BCUT2D eigenvalue weighted by Crippen LogP contribution is 2.32. The number of carbonyl (C=O) groups is 2. The van der Waals surface area contributed by atoms with Crippen molar-refractivity contribution in [1.82, 2.24) is 24.9 Å². The molecule has 192 valence electrons. The van der Waals surface area contributed by atoms with Crippen molar-refractivity contribution in [3.63, 3.8) is 0 Å². The molecular formula is C25H38N6O4. The summed E-state index contributed by atoms with van der Waals surface area (Å²) in [4.78, 5) is 32.4. The number of aryl methyl sites for hydroxylation is 2. The number of hydrogen-bond donors (Lipinski definition) is 1. The predicted molar refractivity (Wildman–Crippen MR) is 133 cm³/mol. The van der Waals surface area contributed by atoms with E-state index in [2.05, 4.69) is 28.2 Å². The van der Waals surface area contributed by atoms with Gasteiger partial charge < -0.3 is 19.6 Å². The third-order valence-corrected chi connectivity index (χ3v) is 6.76. The zero-order chi connectivity index (χ0) is 25.5. The summed E-state index contributed by atoms with van der Waals surface area (Å²) < 4.78 is 7.10. The van der Waals surface area contributed by atoms with E-state index in [-0.39, 0.29) is 18.6 Å². The van der Waals surface area contributed by atoms with E-state index in [1.165, 1.54) is 0 Å². The molecule has 35 heavy (non-hydrogen) atoms. The van der Waals surface area contributed by atoms with Crippen molar-refractivity contribution in [3.8, 4) is 11.4 Å². The lowest BCUT2D eigenvalue weighted by atomic mass is 9.92. The van der Waals surface area contributed by atoms with Gasteiger partial charge >= 0.3 is 12.1 Å². The normalized spacial score (nSPS) is 16.4. The number of amides is 1. The van der Waals surface area contributed by atoms with Gasteiger partial charge in [-0.25, -0.2) is 14.5 Å². The van der Waals surface area contributed by atoms with Crippen LogP contribution in [0.25, 0.3) is 11.4 Å². The average molecular weight is 487 g/mol. The number of anilines is 1. The molecule has 0 spiro atoms. The number of rotatable bonds is 11. The first-order valence-corrected chi connectivity index (χ1v) is 12.5. The maximum Gasteiger partial charge on any atom is 0.409 e. The molecule has 1 N–H and O–H groups in total. The standard InChI is InChI=1S/C25H38N6O4/c1-6-12-29(4)25(34)35-16-22-23(27-28-30(22)5)20-9-10-21(19(8-3)26-20)31-13-11-17(15-31)14-18(7-2)24(32)33/h9-10,17-18H,6-8,11-16H2,1-5H3,(H,32,33)/t17-,18+/m0/s1. The number of aliphatic carboxylic acids is 1. The van der Waals surface area contributed by atoms with Crippen LogP contribution >= 0.6 is 0 Å². The second-order valence-electron chi connectivity index (χ2n) is 9.28. The summed E-state index contributed by atoms with van der Waals surface area (Å²) in [6, 6.07) is 4.00. The number of carbonyl (C=O) groups excluding carboxylic acids is 1. The number of pyridine rings is 1. The van der Waals surface area contributed by atoms with Gasteiger partial charge in [0.05, 0.1) is 23.0 Å². The molecule has 0 radical (unpaired) electrons. The van der Waals surface area contributed by atoms with Crippen LogP contribution in [0.3, 0.4) is 0 Å². The maximum atomic E-state index is 12.2. The molecule has 3 heterocycles. The summed E-state index contributed by atoms with van der Waals surface area (Å²) in [5, 5.41) is 17.8. The molecule has 2 atom stereocenters. The van der Waals surface area contributed by atoms with Gasteiger partial charge in [-0.05, 0) is 50.2 Å². The van der Waals surface area contributed by atoms with Gasteiger partial charge in [-0.15, -0.1) is 5.10 Å². The van der Waals surface area contributed by atoms with Crippen LogP contribution in [0.5, 0.6) is 0 Å². The lowest BCUT2D eigenvalue weighted by Crippen LogP contribution is -2.28. The molecule has 3 rings (SSSR count). The summed E-state index contributed by atoms with van der Waals surface area (Å²) in [6.45, 7) is 8.45. The topological polar surface area (TPSA) is 114 Å². The smallest absolute Gasteiger partial charge is 0.409 e. The number of aromatic nitrogens is 4. The maximum absolute atomic E-state index is 12.2. The minimum atomic E-state index is -0.700. The van der Waals surface area contributed by atoms with Crippen molar-refractivity contribution in [1.29, 1.82) is 0 Å². The SMILES string of the molecule is CCCN(C)C(=O)OCc1c(-c2ccc(N3CC[C@@H](C[C@@H](CC)C(=O)O)C3)c(CC)n2)nnn1C. The van der Waals surface area contributed by atoms with Crippen molar-refractivity contribution in [2.75, 3.05) is 31.6 Å². The second-order valence-corrected chi connectivity index (χ2v) is 9.28. The number of carboxylic acid groups (broad SMARTS) is 1. The Hall–Kier alpha value is -3.17.